The summed E-state index contributed by atoms with van der Waals surface area (Å²) < 4.78 is 4.88. The Kier molecular flexibility index (Phi) is 2.28. The minimum Gasteiger partial charge on any atom is -0.364 e. The largest absolute Gasteiger partial charge is 0.364 e. The van der Waals surface area contributed by atoms with E-state index in [-0.39, 0.29) is 5.25 Å². The lowest BCUT2D eigenvalue weighted by Gasteiger charge is -2.08. The predicted octanol–water partition coefficient (Wildman–Crippen LogP) is 2.65. The van der Waals surface area contributed by atoms with Crippen LogP contribution in [-0.2, 0) is 0 Å². The lowest BCUT2D eigenvalue weighted by Crippen LogP contribution is -1.95. The maximum absolute atomic E-state index is 8.66. The summed E-state index contributed by atoms with van der Waals surface area (Å²) in [4.78, 5) is 0. The molecule has 1 aromatic heterocycles. The van der Waals surface area contributed by atoms with Crippen LogP contribution in [0.3, 0.4) is 0 Å². The van der Waals surface area contributed by atoms with E-state index < -0.39 is 0 Å². The Hall–Kier alpha value is -0.950. The van der Waals surface area contributed by atoms with E-state index in [1.165, 1.54) is 24.6 Å². The molecule has 0 N–H and O–H groups in total. The smallest absolute Gasteiger partial charge is 0.133 e. The van der Waals surface area contributed by atoms with Crippen molar-refractivity contribution < 1.29 is 4.52 Å². The van der Waals surface area contributed by atoms with Gasteiger partial charge in [-0.2, -0.15) is 5.26 Å². The molecule has 1 aliphatic carbocycles. The van der Waals surface area contributed by atoms with Crippen molar-refractivity contribution in [3.63, 3.8) is 0 Å². The summed E-state index contributed by atoms with van der Waals surface area (Å²) in [6.07, 6.45) is 4.12. The highest BCUT2D eigenvalue weighted by atomic mass is 32.2. The fraction of sp³-hybridized carbons (Fsp3) is 0.556. The van der Waals surface area contributed by atoms with Gasteiger partial charge >= 0.3 is 0 Å². The van der Waals surface area contributed by atoms with Crippen molar-refractivity contribution in [1.82, 2.24) is 5.16 Å². The Balaban J connectivity index is 2.20. The monoisotopic (exact) mass is 194 g/mol. The van der Waals surface area contributed by atoms with Gasteiger partial charge in [-0.15, -0.1) is 0 Å². The zero-order chi connectivity index (χ0) is 9.26. The molecule has 0 aromatic carbocycles. The first-order chi connectivity index (χ1) is 6.33. The maximum Gasteiger partial charge on any atom is 0.133 e. The molecule has 0 radical (unpaired) electrons. The lowest BCUT2D eigenvalue weighted by atomic mass is 10.1. The van der Waals surface area contributed by atoms with E-state index in [0.717, 1.165) is 11.3 Å². The number of rotatable bonds is 3. The molecule has 1 saturated carbocycles. The molecule has 0 spiro atoms. The number of aromatic nitrogens is 1. The van der Waals surface area contributed by atoms with Crippen molar-refractivity contribution >= 4 is 11.8 Å². The van der Waals surface area contributed by atoms with Gasteiger partial charge in [-0.05, 0) is 37.4 Å². The van der Waals surface area contributed by atoms with Crippen LogP contribution in [0.15, 0.2) is 10.8 Å². The van der Waals surface area contributed by atoms with E-state index in [0.29, 0.717) is 5.92 Å². The minimum atomic E-state index is 0.274. The van der Waals surface area contributed by atoms with Gasteiger partial charge in [-0.25, -0.2) is 0 Å². The number of thioether (sulfide) groups is 1. The second-order valence-electron chi connectivity index (χ2n) is 3.32. The fourth-order valence-corrected chi connectivity index (χ4v) is 2.37. The summed E-state index contributed by atoms with van der Waals surface area (Å²) in [5.41, 5.74) is 2.01. The molecule has 1 fully saturated rings. The van der Waals surface area contributed by atoms with Gasteiger partial charge in [-0.1, -0.05) is 5.16 Å². The van der Waals surface area contributed by atoms with Crippen molar-refractivity contribution in [3.05, 3.63) is 17.5 Å². The molecule has 1 unspecified atom stereocenters. The van der Waals surface area contributed by atoms with E-state index in [9.17, 15) is 0 Å². The van der Waals surface area contributed by atoms with Gasteiger partial charge in [-0.3, -0.25) is 0 Å². The molecule has 1 atom stereocenters. The quantitative estimate of drug-likeness (QED) is 0.694. The molecule has 1 aromatic rings. The van der Waals surface area contributed by atoms with E-state index in [4.69, 9.17) is 9.78 Å². The highest BCUT2D eigenvalue weighted by Crippen LogP contribution is 2.49. The zero-order valence-electron chi connectivity index (χ0n) is 7.36. The maximum atomic E-state index is 8.66. The first-order valence-electron chi connectivity index (χ1n) is 4.28. The van der Waals surface area contributed by atoms with Crippen LogP contribution in [-0.4, -0.2) is 5.16 Å². The third-order valence-electron chi connectivity index (χ3n) is 2.32. The van der Waals surface area contributed by atoms with Crippen LogP contribution in [0.5, 0.6) is 0 Å². The number of hydrogen-bond donors (Lipinski definition) is 0. The molecule has 0 aliphatic heterocycles. The Labute approximate surface area is 81.1 Å². The molecule has 4 heteroatoms. The average molecular weight is 194 g/mol. The van der Waals surface area contributed by atoms with Gasteiger partial charge in [0, 0.05) is 5.56 Å². The Morgan fingerprint density at radius 2 is 2.54 bits per heavy atom. The molecule has 1 heterocycles. The van der Waals surface area contributed by atoms with Gasteiger partial charge in [0.05, 0.1) is 10.9 Å². The second-order valence-corrected chi connectivity index (χ2v) is 4.25. The summed E-state index contributed by atoms with van der Waals surface area (Å²) in [5.74, 6) is 0.655. The van der Waals surface area contributed by atoms with Gasteiger partial charge in [0.2, 0.25) is 0 Å². The van der Waals surface area contributed by atoms with E-state index in [1.807, 2.05) is 6.92 Å². The highest BCUT2D eigenvalue weighted by molar-refractivity contribution is 8.03. The van der Waals surface area contributed by atoms with Crippen molar-refractivity contribution in [3.8, 4) is 5.40 Å². The van der Waals surface area contributed by atoms with Gasteiger partial charge < -0.3 is 4.52 Å². The fourth-order valence-electron chi connectivity index (χ4n) is 1.44. The van der Waals surface area contributed by atoms with Gasteiger partial charge in [0.25, 0.3) is 0 Å². The molecule has 68 valence electrons. The number of nitrogens with zero attached hydrogens (tertiary/aromatic N) is 2. The molecule has 0 amide bonds. The zero-order valence-corrected chi connectivity index (χ0v) is 8.17. The Bertz CT molecular complexity index is 338. The van der Waals surface area contributed by atoms with Crippen LogP contribution in [0.2, 0.25) is 0 Å². The van der Waals surface area contributed by atoms with Crippen LogP contribution in [0, 0.1) is 23.5 Å². The molecular weight excluding hydrogens is 184 g/mol. The van der Waals surface area contributed by atoms with Crippen molar-refractivity contribution in [1.29, 1.82) is 5.26 Å². The predicted molar refractivity (Wildman–Crippen MR) is 49.9 cm³/mol. The highest BCUT2D eigenvalue weighted by Gasteiger charge is 2.34. The molecular formula is C9H10N2OS. The molecule has 0 bridgehead atoms. The molecule has 1 aliphatic rings. The third-order valence-corrected chi connectivity index (χ3v) is 3.32. The molecule has 3 nitrogen and oxygen atoms in total. The minimum absolute atomic E-state index is 0.274. The molecule has 2 rings (SSSR count). The first kappa shape index (κ1) is 8.64. The summed E-state index contributed by atoms with van der Waals surface area (Å²) in [6, 6.07) is 0. The lowest BCUT2D eigenvalue weighted by molar-refractivity contribution is 0.414. The topological polar surface area (TPSA) is 49.8 Å². The molecule has 0 saturated heterocycles. The first-order valence-corrected chi connectivity index (χ1v) is 5.16. The SMILES string of the molecule is Cc1nocc1C(SC#N)C1CC1. The number of aryl methyl sites for hydroxylation is 1. The van der Waals surface area contributed by atoms with Crippen molar-refractivity contribution in [2.45, 2.75) is 25.0 Å². The van der Waals surface area contributed by atoms with Crippen molar-refractivity contribution in [2.24, 2.45) is 5.92 Å². The Morgan fingerprint density at radius 1 is 1.77 bits per heavy atom. The van der Waals surface area contributed by atoms with Crippen LogP contribution in [0.1, 0.15) is 29.3 Å². The van der Waals surface area contributed by atoms with Crippen LogP contribution in [0.25, 0.3) is 0 Å². The molecule has 13 heavy (non-hydrogen) atoms. The normalized spacial score (nSPS) is 18.2. The Morgan fingerprint density at radius 3 is 3.00 bits per heavy atom. The number of thiocyanates is 1. The standard InChI is InChI=1S/C9H10N2OS/c1-6-8(4-12-11-6)9(13-5-10)7-2-3-7/h4,7,9H,2-3H2,1H3. The van der Waals surface area contributed by atoms with Crippen LogP contribution < -0.4 is 0 Å². The van der Waals surface area contributed by atoms with Gasteiger partial charge in [0.1, 0.15) is 11.7 Å². The van der Waals surface area contributed by atoms with E-state index in [2.05, 4.69) is 10.6 Å². The van der Waals surface area contributed by atoms with Crippen LogP contribution in [0.4, 0.5) is 0 Å². The number of hydrogen-bond acceptors (Lipinski definition) is 4. The summed E-state index contributed by atoms with van der Waals surface area (Å²) in [5, 5.41) is 14.9. The summed E-state index contributed by atoms with van der Waals surface area (Å²) in [6.45, 7) is 1.92. The second kappa shape index (κ2) is 3.43. The van der Waals surface area contributed by atoms with Crippen LogP contribution >= 0.6 is 11.8 Å². The number of nitriles is 1. The summed E-state index contributed by atoms with van der Waals surface area (Å²) >= 11 is 1.32. The summed E-state index contributed by atoms with van der Waals surface area (Å²) in [7, 11) is 0. The van der Waals surface area contributed by atoms with E-state index >= 15 is 0 Å². The average Bonchev–Trinajstić information content (AvgIpc) is 2.86. The van der Waals surface area contributed by atoms with Crippen molar-refractivity contribution in [2.75, 3.05) is 0 Å². The van der Waals surface area contributed by atoms with Gasteiger partial charge in [0.15, 0.2) is 0 Å². The van der Waals surface area contributed by atoms with E-state index in [1.54, 1.807) is 6.26 Å². The third kappa shape index (κ3) is 1.70.